The van der Waals surface area contributed by atoms with Crippen LogP contribution in [0.4, 0.5) is 28.4 Å². The number of aliphatic imine (C=N–C) groups is 1. The first-order valence-electron chi connectivity index (χ1n) is 12.7. The summed E-state index contributed by atoms with van der Waals surface area (Å²) in [5, 5.41) is 2.30. The molecule has 1 unspecified atom stereocenters. The first-order chi connectivity index (χ1) is 18.2. The molecule has 1 N–H and O–H groups in total. The predicted molar refractivity (Wildman–Crippen MR) is 142 cm³/mol. The second-order valence-electron chi connectivity index (χ2n) is 10.9. The minimum Gasteiger partial charge on any atom is -0.444 e. The van der Waals surface area contributed by atoms with Gasteiger partial charge in [0.15, 0.2) is 17.2 Å². The summed E-state index contributed by atoms with van der Waals surface area (Å²) in [5.41, 5.74) is -0.629. The summed E-state index contributed by atoms with van der Waals surface area (Å²) in [6, 6.07) is 0.113. The van der Waals surface area contributed by atoms with Gasteiger partial charge in [0.2, 0.25) is 0 Å². The summed E-state index contributed by atoms with van der Waals surface area (Å²) in [4.78, 5) is 39.2. The third kappa shape index (κ3) is 5.70. The van der Waals surface area contributed by atoms with Gasteiger partial charge in [0, 0.05) is 43.0 Å². The highest BCUT2D eigenvalue weighted by atomic mass is 35.5. The summed E-state index contributed by atoms with van der Waals surface area (Å²) in [6.45, 7) is 11.6. The molecular weight excluding hydrogens is 537 g/mol. The largest absolute Gasteiger partial charge is 0.444 e. The van der Waals surface area contributed by atoms with Crippen LogP contribution in [0.3, 0.4) is 0 Å². The van der Waals surface area contributed by atoms with Crippen LogP contribution in [-0.2, 0) is 4.74 Å². The summed E-state index contributed by atoms with van der Waals surface area (Å²) < 4.78 is 48.6. The number of carbonyl (C=O) groups excluding carboxylic acids is 2. The molecule has 3 aliphatic heterocycles. The highest BCUT2D eigenvalue weighted by Crippen LogP contribution is 2.41. The second-order valence-corrected chi connectivity index (χ2v) is 11.3. The summed E-state index contributed by atoms with van der Waals surface area (Å²) in [7, 11) is 0. The third-order valence-corrected chi connectivity index (χ3v) is 6.81. The van der Waals surface area contributed by atoms with Crippen molar-refractivity contribution in [2.75, 3.05) is 24.5 Å². The van der Waals surface area contributed by atoms with Gasteiger partial charge < -0.3 is 14.5 Å². The zero-order valence-corrected chi connectivity index (χ0v) is 23.4. The van der Waals surface area contributed by atoms with Gasteiger partial charge in [-0.25, -0.2) is 27.8 Å². The lowest BCUT2D eigenvalue weighted by atomic mass is 9.99. The number of pyridine rings is 1. The van der Waals surface area contributed by atoms with Crippen LogP contribution in [0, 0.1) is 0 Å². The zero-order chi connectivity index (χ0) is 28.8. The monoisotopic (exact) mass is 568 g/mol. The van der Waals surface area contributed by atoms with Gasteiger partial charge in [0.05, 0.1) is 11.4 Å². The summed E-state index contributed by atoms with van der Waals surface area (Å²) in [5.74, 6) is -0.855. The number of carbonyl (C=O) groups is 2. The SMILES string of the molecule is CC(C)c1nccc(C(F)F)c1N1C(=O)NC(N2CCN(C(=O)OC(C)(C)C)C[C@@H]2C)=C2C=C(F)C(Cl)=NC21. The molecule has 0 spiro atoms. The number of halogens is 4. The predicted octanol–water partition coefficient (Wildman–Crippen LogP) is 5.66. The van der Waals surface area contributed by atoms with Crippen molar-refractivity contribution in [3.05, 3.63) is 46.8 Å². The number of dihydropyridines is 1. The van der Waals surface area contributed by atoms with Crippen molar-refractivity contribution in [1.29, 1.82) is 0 Å². The Balaban J connectivity index is 1.76. The number of alkyl halides is 2. The number of hydrogen-bond donors (Lipinski definition) is 1. The fourth-order valence-corrected chi connectivity index (χ4v) is 4.98. The van der Waals surface area contributed by atoms with Crippen molar-refractivity contribution in [3.63, 3.8) is 0 Å². The molecule has 9 nitrogen and oxygen atoms in total. The Labute approximate surface area is 230 Å². The van der Waals surface area contributed by atoms with Gasteiger partial charge in [0.1, 0.15) is 11.4 Å². The van der Waals surface area contributed by atoms with Gasteiger partial charge in [-0.1, -0.05) is 25.4 Å². The van der Waals surface area contributed by atoms with Crippen LogP contribution in [0.2, 0.25) is 0 Å². The Kier molecular flexibility index (Phi) is 7.89. The number of ether oxygens (including phenoxy) is 1. The first-order valence-corrected chi connectivity index (χ1v) is 13.0. The van der Waals surface area contributed by atoms with E-state index in [0.717, 1.165) is 17.0 Å². The van der Waals surface area contributed by atoms with Crippen LogP contribution < -0.4 is 10.2 Å². The Morgan fingerprint density at radius 2 is 1.95 bits per heavy atom. The molecule has 1 saturated heterocycles. The quantitative estimate of drug-likeness (QED) is 0.506. The van der Waals surface area contributed by atoms with E-state index in [4.69, 9.17) is 16.3 Å². The van der Waals surface area contributed by atoms with Gasteiger partial charge in [0.25, 0.3) is 6.43 Å². The highest BCUT2D eigenvalue weighted by molar-refractivity contribution is 6.69. The molecule has 3 amide bonds. The van der Waals surface area contributed by atoms with Crippen molar-refractivity contribution >= 4 is 34.6 Å². The van der Waals surface area contributed by atoms with Crippen LogP contribution in [0.1, 0.15) is 65.1 Å². The number of anilines is 1. The fourth-order valence-electron chi connectivity index (χ4n) is 4.83. The lowest BCUT2D eigenvalue weighted by Crippen LogP contribution is -2.60. The molecule has 212 valence electrons. The van der Waals surface area contributed by atoms with Crippen LogP contribution in [0.5, 0.6) is 0 Å². The Morgan fingerprint density at radius 3 is 2.54 bits per heavy atom. The average Bonchev–Trinajstić information content (AvgIpc) is 2.83. The standard InChI is InChI=1S/C26H32ClF3N6O3/c1-13(2)18-19(15(21(29)30)7-8-31-18)36-23-16(11-17(28)20(27)32-23)22(33-24(36)37)35-10-9-34(12-14(35)3)25(38)39-26(4,5)6/h7-8,11,13-14,21,23H,9-10,12H2,1-6H3,(H,33,37)/t14-,23?/m0/s1. The van der Waals surface area contributed by atoms with Crippen LogP contribution in [-0.4, -0.2) is 69.5 Å². The van der Waals surface area contributed by atoms with Crippen molar-refractivity contribution in [3.8, 4) is 0 Å². The number of urea groups is 1. The Bertz CT molecular complexity index is 1230. The number of hydrogen-bond acceptors (Lipinski definition) is 6. The van der Waals surface area contributed by atoms with E-state index in [0.29, 0.717) is 6.54 Å². The zero-order valence-electron chi connectivity index (χ0n) is 22.6. The van der Waals surface area contributed by atoms with Crippen molar-refractivity contribution in [2.24, 2.45) is 4.99 Å². The lowest BCUT2D eigenvalue weighted by Gasteiger charge is -2.46. The highest BCUT2D eigenvalue weighted by Gasteiger charge is 2.43. The minimum atomic E-state index is -2.90. The van der Waals surface area contributed by atoms with Crippen LogP contribution >= 0.6 is 11.6 Å². The van der Waals surface area contributed by atoms with Gasteiger partial charge in [-0.2, -0.15) is 0 Å². The molecule has 39 heavy (non-hydrogen) atoms. The number of nitrogens with zero attached hydrogens (tertiary/aromatic N) is 5. The Morgan fingerprint density at radius 1 is 1.26 bits per heavy atom. The van der Waals surface area contributed by atoms with E-state index in [1.165, 1.54) is 6.20 Å². The number of aromatic nitrogens is 1. The molecule has 13 heteroatoms. The minimum absolute atomic E-state index is 0.0896. The maximum atomic E-state index is 14.8. The molecule has 0 aliphatic carbocycles. The number of piperazine rings is 1. The maximum absolute atomic E-state index is 14.8. The van der Waals surface area contributed by atoms with E-state index in [-0.39, 0.29) is 47.8 Å². The summed E-state index contributed by atoms with van der Waals surface area (Å²) in [6.07, 6.45) is -2.15. The number of fused-ring (bicyclic) bond motifs is 1. The molecule has 1 aromatic rings. The molecule has 0 saturated carbocycles. The number of nitrogens with one attached hydrogen (secondary N) is 1. The van der Waals surface area contributed by atoms with Gasteiger partial charge in [-0.05, 0) is 45.8 Å². The van der Waals surface area contributed by atoms with E-state index in [1.807, 2.05) is 11.8 Å². The van der Waals surface area contributed by atoms with Crippen molar-refractivity contribution in [1.82, 2.24) is 20.1 Å². The lowest BCUT2D eigenvalue weighted by molar-refractivity contribution is 0.00924. The summed E-state index contributed by atoms with van der Waals surface area (Å²) >= 11 is 6.05. The Hall–Kier alpha value is -3.28. The van der Waals surface area contributed by atoms with E-state index in [9.17, 15) is 22.8 Å². The van der Waals surface area contributed by atoms with E-state index < -0.39 is 46.9 Å². The van der Waals surface area contributed by atoms with Gasteiger partial charge in [-0.3, -0.25) is 15.2 Å². The molecule has 4 heterocycles. The fraction of sp³-hybridized carbons (Fsp3) is 0.538. The third-order valence-electron chi connectivity index (χ3n) is 6.53. The molecule has 3 aliphatic rings. The van der Waals surface area contributed by atoms with E-state index in [2.05, 4.69) is 15.3 Å². The van der Waals surface area contributed by atoms with Gasteiger partial charge in [-0.15, -0.1) is 0 Å². The van der Waals surface area contributed by atoms with E-state index in [1.54, 1.807) is 39.5 Å². The molecule has 1 aromatic heterocycles. The number of amides is 3. The molecule has 0 bridgehead atoms. The second kappa shape index (κ2) is 10.7. The van der Waals surface area contributed by atoms with Crippen molar-refractivity contribution in [2.45, 2.75) is 71.7 Å². The average molecular weight is 569 g/mol. The number of allylic oxidation sites excluding steroid dienone is 1. The first kappa shape index (κ1) is 28.7. The van der Waals surface area contributed by atoms with Gasteiger partial charge >= 0.3 is 12.1 Å². The molecule has 0 radical (unpaired) electrons. The normalized spacial score (nSPS) is 22.2. The van der Waals surface area contributed by atoms with Crippen LogP contribution in [0.25, 0.3) is 0 Å². The molecule has 2 atom stereocenters. The molecular formula is C26H32ClF3N6O3. The van der Waals surface area contributed by atoms with E-state index >= 15 is 0 Å². The number of rotatable bonds is 4. The molecule has 4 rings (SSSR count). The van der Waals surface area contributed by atoms with Crippen LogP contribution in [0.15, 0.2) is 40.6 Å². The van der Waals surface area contributed by atoms with Crippen molar-refractivity contribution < 1.29 is 27.5 Å². The maximum Gasteiger partial charge on any atom is 0.410 e. The molecule has 1 fully saturated rings. The molecule has 0 aromatic carbocycles. The topological polar surface area (TPSA) is 90.4 Å². The smallest absolute Gasteiger partial charge is 0.410 e.